The molecule has 1 heterocycles. The standard InChI is InChI=1S/C46H86O12S/c1-3-5-7-9-11-13-15-17-19-20-21-23-25-27-29-31-33-35-42(48)57-39(37-56-46-45(51)44(50)43(49)40(58-46)38-59(52,53)54)36-55-41(47)34-32-30-28-26-24-22-18-16-14-12-10-8-6-4-2/h13,15,39-40,43-46,49-51H,3-12,14,16-38H2,1-2H3,(H,52,53,54)/b15-13+/t39-,40-,43-,44?,45?,46+/m1/s1. The molecule has 0 radical (unpaired) electrons. The molecule has 1 rings (SSSR count). The Kier molecular flexibility index (Phi) is 34.7. The Morgan fingerprint density at radius 2 is 0.966 bits per heavy atom. The third-order valence-corrected chi connectivity index (χ3v) is 11.8. The molecule has 1 aliphatic heterocycles. The number of unbranched alkanes of at least 4 members (excludes halogenated alkanes) is 26. The largest absolute Gasteiger partial charge is 0.462 e. The van der Waals surface area contributed by atoms with Crippen LogP contribution < -0.4 is 0 Å². The summed E-state index contributed by atoms with van der Waals surface area (Å²) in [6.45, 7) is 3.77. The van der Waals surface area contributed by atoms with Gasteiger partial charge >= 0.3 is 11.9 Å². The van der Waals surface area contributed by atoms with Crippen molar-refractivity contribution in [1.29, 1.82) is 0 Å². The number of hydrogen-bond acceptors (Lipinski definition) is 11. The highest BCUT2D eigenvalue weighted by Gasteiger charge is 2.46. The Bertz CT molecular complexity index is 1150. The van der Waals surface area contributed by atoms with E-state index in [4.69, 9.17) is 18.9 Å². The monoisotopic (exact) mass is 863 g/mol. The fourth-order valence-corrected chi connectivity index (χ4v) is 8.07. The number of allylic oxidation sites excluding steroid dienone is 2. The molecular weight excluding hydrogens is 777 g/mol. The molecule has 0 spiro atoms. The molecule has 59 heavy (non-hydrogen) atoms. The smallest absolute Gasteiger partial charge is 0.306 e. The zero-order valence-corrected chi connectivity index (χ0v) is 37.9. The first-order chi connectivity index (χ1) is 28.5. The summed E-state index contributed by atoms with van der Waals surface area (Å²) in [7, 11) is -4.60. The molecular formula is C46H86O12S. The molecule has 348 valence electrons. The number of esters is 2. The Balaban J connectivity index is 2.41. The zero-order valence-electron chi connectivity index (χ0n) is 37.1. The Labute approximate surface area is 358 Å². The molecule has 4 N–H and O–H groups in total. The average Bonchev–Trinajstić information content (AvgIpc) is 3.20. The summed E-state index contributed by atoms with van der Waals surface area (Å²) in [6.07, 6.45) is 29.6. The maximum atomic E-state index is 12.8. The second-order valence-electron chi connectivity index (χ2n) is 16.8. The van der Waals surface area contributed by atoms with Crippen LogP contribution in [0, 0.1) is 0 Å². The maximum Gasteiger partial charge on any atom is 0.306 e. The topological polar surface area (TPSA) is 186 Å². The Morgan fingerprint density at radius 3 is 1.42 bits per heavy atom. The predicted octanol–water partition coefficient (Wildman–Crippen LogP) is 9.84. The first-order valence-electron chi connectivity index (χ1n) is 23.7. The summed E-state index contributed by atoms with van der Waals surface area (Å²) in [5.41, 5.74) is 0. The zero-order chi connectivity index (χ0) is 43.4. The van der Waals surface area contributed by atoms with Gasteiger partial charge in [-0.05, 0) is 38.5 Å². The summed E-state index contributed by atoms with van der Waals surface area (Å²) in [5, 5.41) is 30.9. The lowest BCUT2D eigenvalue weighted by Gasteiger charge is -2.40. The van der Waals surface area contributed by atoms with Crippen molar-refractivity contribution in [2.75, 3.05) is 19.0 Å². The molecule has 12 nitrogen and oxygen atoms in total. The van der Waals surface area contributed by atoms with Gasteiger partial charge in [0.05, 0.1) is 6.61 Å². The second kappa shape index (κ2) is 37.0. The summed E-state index contributed by atoms with van der Waals surface area (Å²) in [6, 6.07) is 0. The molecule has 2 unspecified atom stereocenters. The van der Waals surface area contributed by atoms with Crippen molar-refractivity contribution >= 4 is 22.1 Å². The number of rotatable bonds is 40. The quantitative estimate of drug-likeness (QED) is 0.0198. The summed E-state index contributed by atoms with van der Waals surface area (Å²) >= 11 is 0. The number of carbonyl (C=O) groups excluding carboxylic acids is 2. The van der Waals surface area contributed by atoms with Crippen molar-refractivity contribution in [2.45, 2.75) is 250 Å². The van der Waals surface area contributed by atoms with Gasteiger partial charge < -0.3 is 34.3 Å². The molecule has 0 aromatic heterocycles. The van der Waals surface area contributed by atoms with E-state index in [0.717, 1.165) is 38.5 Å². The minimum absolute atomic E-state index is 0.166. The summed E-state index contributed by atoms with van der Waals surface area (Å²) in [5.74, 6) is -1.97. The normalized spacial score (nSPS) is 20.3. The molecule has 1 fully saturated rings. The predicted molar refractivity (Wildman–Crippen MR) is 234 cm³/mol. The van der Waals surface area contributed by atoms with E-state index in [9.17, 15) is 37.9 Å². The number of ether oxygens (including phenoxy) is 4. The first-order valence-corrected chi connectivity index (χ1v) is 25.4. The molecule has 0 bridgehead atoms. The molecule has 1 saturated heterocycles. The SMILES string of the molecule is CCCCCC/C=C/CCCCCCCCCCCC(=O)O[C@H](COC(=O)CCCCCCCCCCCCCCCC)CO[C@H]1O[C@H](CS(=O)(=O)O)[C@@H](O)C(O)C1O. The molecule has 0 aromatic rings. The van der Waals surface area contributed by atoms with E-state index in [1.807, 2.05) is 0 Å². The molecule has 0 amide bonds. The van der Waals surface area contributed by atoms with Crippen LogP contribution in [0.3, 0.4) is 0 Å². The highest BCUT2D eigenvalue weighted by Crippen LogP contribution is 2.24. The van der Waals surface area contributed by atoms with Crippen molar-refractivity contribution in [3.05, 3.63) is 12.2 Å². The van der Waals surface area contributed by atoms with E-state index >= 15 is 0 Å². The molecule has 13 heteroatoms. The fraction of sp³-hybridized carbons (Fsp3) is 0.913. The first kappa shape index (κ1) is 55.4. The third-order valence-electron chi connectivity index (χ3n) is 11.1. The minimum atomic E-state index is -4.60. The fourth-order valence-electron chi connectivity index (χ4n) is 7.38. The lowest BCUT2D eigenvalue weighted by molar-refractivity contribution is -0.297. The van der Waals surface area contributed by atoms with Gasteiger partial charge in [-0.3, -0.25) is 14.1 Å². The van der Waals surface area contributed by atoms with Gasteiger partial charge in [0.2, 0.25) is 0 Å². The van der Waals surface area contributed by atoms with Crippen LogP contribution in [0.25, 0.3) is 0 Å². The Morgan fingerprint density at radius 1 is 0.559 bits per heavy atom. The van der Waals surface area contributed by atoms with Gasteiger partial charge in [-0.15, -0.1) is 0 Å². The van der Waals surface area contributed by atoms with E-state index in [0.29, 0.717) is 12.8 Å². The van der Waals surface area contributed by atoms with Crippen molar-refractivity contribution in [1.82, 2.24) is 0 Å². The molecule has 0 aliphatic carbocycles. The minimum Gasteiger partial charge on any atom is -0.462 e. The highest BCUT2D eigenvalue weighted by atomic mass is 32.2. The second-order valence-corrected chi connectivity index (χ2v) is 18.3. The van der Waals surface area contributed by atoms with Gasteiger partial charge in [-0.2, -0.15) is 8.42 Å². The van der Waals surface area contributed by atoms with Crippen molar-refractivity contribution in [2.24, 2.45) is 0 Å². The van der Waals surface area contributed by atoms with E-state index in [1.165, 1.54) is 135 Å². The van der Waals surface area contributed by atoms with Crippen LogP contribution in [0.15, 0.2) is 12.2 Å². The number of aliphatic hydroxyl groups excluding tert-OH is 3. The van der Waals surface area contributed by atoms with Crippen LogP contribution in [0.4, 0.5) is 0 Å². The van der Waals surface area contributed by atoms with Crippen LogP contribution in [0.1, 0.15) is 213 Å². The van der Waals surface area contributed by atoms with E-state index in [-0.39, 0.29) is 19.4 Å². The lowest BCUT2D eigenvalue weighted by atomic mass is 10.00. The van der Waals surface area contributed by atoms with Crippen molar-refractivity contribution < 1.29 is 56.8 Å². The van der Waals surface area contributed by atoms with Crippen LogP contribution in [-0.4, -0.2) is 96.0 Å². The van der Waals surface area contributed by atoms with E-state index < -0.39 is 71.2 Å². The van der Waals surface area contributed by atoms with Gasteiger partial charge in [0.25, 0.3) is 10.1 Å². The number of hydrogen-bond donors (Lipinski definition) is 4. The number of carbonyl (C=O) groups is 2. The van der Waals surface area contributed by atoms with Crippen LogP contribution in [-0.2, 0) is 38.7 Å². The Hall–Kier alpha value is -1.61. The lowest BCUT2D eigenvalue weighted by Crippen LogP contribution is -2.60. The summed E-state index contributed by atoms with van der Waals surface area (Å²) in [4.78, 5) is 25.4. The summed E-state index contributed by atoms with van der Waals surface area (Å²) < 4.78 is 54.1. The third kappa shape index (κ3) is 31.8. The molecule has 0 aromatic carbocycles. The van der Waals surface area contributed by atoms with Crippen molar-refractivity contribution in [3.8, 4) is 0 Å². The van der Waals surface area contributed by atoms with Gasteiger partial charge in [0.15, 0.2) is 12.4 Å². The molecule has 1 aliphatic rings. The maximum absolute atomic E-state index is 12.8. The van der Waals surface area contributed by atoms with Crippen LogP contribution >= 0.6 is 0 Å². The van der Waals surface area contributed by atoms with E-state index in [1.54, 1.807) is 0 Å². The molecule has 6 atom stereocenters. The molecule has 0 saturated carbocycles. The van der Waals surface area contributed by atoms with Crippen LogP contribution in [0.2, 0.25) is 0 Å². The van der Waals surface area contributed by atoms with E-state index in [2.05, 4.69) is 26.0 Å². The van der Waals surface area contributed by atoms with Crippen LogP contribution in [0.5, 0.6) is 0 Å². The van der Waals surface area contributed by atoms with Gasteiger partial charge in [-0.25, -0.2) is 0 Å². The van der Waals surface area contributed by atoms with Gasteiger partial charge in [0, 0.05) is 12.8 Å². The van der Waals surface area contributed by atoms with Gasteiger partial charge in [-0.1, -0.05) is 174 Å². The van der Waals surface area contributed by atoms with Gasteiger partial charge in [0.1, 0.15) is 36.8 Å². The highest BCUT2D eigenvalue weighted by molar-refractivity contribution is 7.85. The average molecular weight is 863 g/mol. The number of aliphatic hydroxyl groups is 3. The van der Waals surface area contributed by atoms with Crippen molar-refractivity contribution in [3.63, 3.8) is 0 Å².